The van der Waals surface area contributed by atoms with Crippen LogP contribution in [0.25, 0.3) is 10.9 Å². The number of carbonyl (C=O) groups is 1. The molecule has 0 bridgehead atoms. The first-order valence-electron chi connectivity index (χ1n) is 13.1. The van der Waals surface area contributed by atoms with Crippen molar-refractivity contribution >= 4 is 42.9 Å². The van der Waals surface area contributed by atoms with Crippen LogP contribution < -0.4 is 4.74 Å². The van der Waals surface area contributed by atoms with E-state index in [0.717, 1.165) is 47.1 Å². The lowest BCUT2D eigenvalue weighted by Crippen LogP contribution is -2.53. The number of aromatic nitrogens is 1. The zero-order valence-corrected chi connectivity index (χ0v) is 25.2. The minimum atomic E-state index is -3.48. The third-order valence-electron chi connectivity index (χ3n) is 7.44. The second-order valence-corrected chi connectivity index (χ2v) is 13.8. The van der Waals surface area contributed by atoms with Crippen molar-refractivity contribution in [1.29, 1.82) is 0 Å². The molecular weight excluding hydrogens is 558 g/mol. The Hall–Kier alpha value is -1.66. The highest BCUT2D eigenvalue weighted by Crippen LogP contribution is 2.36. The van der Waals surface area contributed by atoms with E-state index in [1.54, 1.807) is 4.90 Å². The van der Waals surface area contributed by atoms with Crippen molar-refractivity contribution in [3.8, 4) is 5.75 Å². The van der Waals surface area contributed by atoms with Gasteiger partial charge in [0.2, 0.25) is 0 Å². The van der Waals surface area contributed by atoms with E-state index in [9.17, 15) is 13.2 Å². The molecule has 2 aromatic rings. The minimum absolute atomic E-state index is 0.0749. The fourth-order valence-corrected chi connectivity index (χ4v) is 6.76. The van der Waals surface area contributed by atoms with Gasteiger partial charge < -0.3 is 19.1 Å². The predicted octanol–water partition coefficient (Wildman–Crippen LogP) is 3.80. The zero-order valence-electron chi connectivity index (χ0n) is 22.8. The molecule has 9 nitrogen and oxygen atoms in total. The summed E-state index contributed by atoms with van der Waals surface area (Å²) in [7, 11) is -0.431. The van der Waals surface area contributed by atoms with E-state index in [0.29, 0.717) is 24.8 Å². The fourth-order valence-electron chi connectivity index (χ4n) is 5.25. The molecule has 0 aliphatic carbocycles. The fraction of sp³-hybridized carbons (Fsp3) is 0.654. The second-order valence-electron chi connectivity index (χ2n) is 10.8. The van der Waals surface area contributed by atoms with Gasteiger partial charge in [0, 0.05) is 70.8 Å². The van der Waals surface area contributed by atoms with E-state index in [1.165, 1.54) is 22.7 Å². The number of hydrogen-bond donors (Lipinski definition) is 0. The highest BCUT2D eigenvalue weighted by atomic mass is 79.9. The Morgan fingerprint density at radius 3 is 2.14 bits per heavy atom. The molecule has 0 atom stereocenters. The molecule has 0 N–H and O–H groups in total. The molecule has 2 fully saturated rings. The first-order chi connectivity index (χ1) is 17.4. The first kappa shape index (κ1) is 28.4. The number of hydrogen-bond acceptors (Lipinski definition) is 5. The van der Waals surface area contributed by atoms with Crippen LogP contribution >= 0.6 is 15.9 Å². The molecule has 0 unspecified atom stereocenters. The van der Waals surface area contributed by atoms with Gasteiger partial charge in [0.1, 0.15) is 17.5 Å². The first-order valence-corrected chi connectivity index (χ1v) is 15.3. The molecule has 37 heavy (non-hydrogen) atoms. The smallest absolute Gasteiger partial charge is 0.281 e. The summed E-state index contributed by atoms with van der Waals surface area (Å²) in [5.41, 5.74) is 1.59. The number of rotatable bonds is 7. The van der Waals surface area contributed by atoms with Gasteiger partial charge in [0.25, 0.3) is 16.1 Å². The summed E-state index contributed by atoms with van der Waals surface area (Å²) in [6.45, 7) is 12.0. The van der Waals surface area contributed by atoms with Gasteiger partial charge in [-0.1, -0.05) is 0 Å². The van der Waals surface area contributed by atoms with Crippen molar-refractivity contribution < 1.29 is 17.9 Å². The number of likely N-dealkylation sites (tertiary alicyclic amines) is 1. The summed E-state index contributed by atoms with van der Waals surface area (Å²) in [6, 6.07) is 6.65. The van der Waals surface area contributed by atoms with Gasteiger partial charge in [-0.3, -0.25) is 4.79 Å². The molecule has 1 amide bonds. The van der Waals surface area contributed by atoms with Gasteiger partial charge in [-0.15, -0.1) is 0 Å². The molecule has 0 saturated carbocycles. The summed E-state index contributed by atoms with van der Waals surface area (Å²) < 4.78 is 37.0. The number of fused-ring (bicyclic) bond motifs is 1. The Balaban J connectivity index is 1.54. The molecule has 0 spiro atoms. The number of benzene rings is 1. The highest BCUT2D eigenvalue weighted by Gasteiger charge is 2.32. The predicted molar refractivity (Wildman–Crippen MR) is 150 cm³/mol. The molecule has 2 aliphatic heterocycles. The summed E-state index contributed by atoms with van der Waals surface area (Å²) in [5, 5.41) is 0.962. The Morgan fingerprint density at radius 2 is 1.59 bits per heavy atom. The van der Waals surface area contributed by atoms with E-state index in [1.807, 2.05) is 18.2 Å². The summed E-state index contributed by atoms with van der Waals surface area (Å²) >= 11 is 3.71. The number of halogens is 1. The van der Waals surface area contributed by atoms with Crippen molar-refractivity contribution in [2.75, 3.05) is 53.4 Å². The number of carbonyl (C=O) groups excluding carboxylic acids is 1. The van der Waals surface area contributed by atoms with Gasteiger partial charge in [-0.25, -0.2) is 0 Å². The average Bonchev–Trinajstić information content (AvgIpc) is 3.22. The summed E-state index contributed by atoms with van der Waals surface area (Å²) in [4.78, 5) is 17.9. The quantitative estimate of drug-likeness (QED) is 0.485. The topological polar surface area (TPSA) is 78.3 Å². The minimum Gasteiger partial charge on any atom is -0.489 e. The number of piperazine rings is 1. The maximum absolute atomic E-state index is 13.6. The Morgan fingerprint density at radius 1 is 0.973 bits per heavy atom. The maximum atomic E-state index is 13.6. The van der Waals surface area contributed by atoms with E-state index >= 15 is 0 Å². The molecule has 4 rings (SSSR count). The zero-order chi connectivity index (χ0) is 27.1. The second kappa shape index (κ2) is 11.2. The lowest BCUT2D eigenvalue weighted by atomic mass is 10.1. The molecule has 2 saturated heterocycles. The maximum Gasteiger partial charge on any atom is 0.281 e. The van der Waals surface area contributed by atoms with Crippen LogP contribution in [0, 0.1) is 0 Å². The van der Waals surface area contributed by atoms with Gasteiger partial charge in [0.15, 0.2) is 0 Å². The Labute approximate surface area is 229 Å². The van der Waals surface area contributed by atoms with Crippen molar-refractivity contribution in [3.63, 3.8) is 0 Å². The number of nitrogens with zero attached hydrogens (tertiary/aromatic N) is 5. The van der Waals surface area contributed by atoms with E-state index in [-0.39, 0.29) is 31.1 Å². The number of piperidine rings is 1. The molecule has 11 heteroatoms. The third-order valence-corrected chi connectivity index (χ3v) is 10.0. The van der Waals surface area contributed by atoms with Gasteiger partial charge in [-0.2, -0.15) is 17.0 Å². The largest absolute Gasteiger partial charge is 0.489 e. The summed E-state index contributed by atoms with van der Waals surface area (Å²) in [5.74, 6) is 0.726. The Bertz CT molecular complexity index is 1230. The van der Waals surface area contributed by atoms with Crippen molar-refractivity contribution in [2.24, 2.45) is 0 Å². The molecular formula is C26H40BrN5O4S. The SMILES string of the molecule is CC(C)N1CCC(Oc2cc3cc(C(=O)N4CCN(S(=O)(=O)N(C)C)CC4)n(C(C)C)c3cc2Br)CC1. The highest BCUT2D eigenvalue weighted by molar-refractivity contribution is 9.10. The van der Waals surface area contributed by atoms with Crippen LogP contribution in [0.1, 0.15) is 57.1 Å². The lowest BCUT2D eigenvalue weighted by molar-refractivity contribution is 0.0683. The van der Waals surface area contributed by atoms with Crippen molar-refractivity contribution in [3.05, 3.63) is 28.4 Å². The van der Waals surface area contributed by atoms with Crippen LogP contribution in [0.15, 0.2) is 22.7 Å². The molecule has 206 valence electrons. The molecule has 1 aromatic carbocycles. The molecule has 0 radical (unpaired) electrons. The average molecular weight is 599 g/mol. The van der Waals surface area contributed by atoms with Crippen LogP contribution in [0.2, 0.25) is 0 Å². The van der Waals surface area contributed by atoms with Crippen LogP contribution in [0.3, 0.4) is 0 Å². The van der Waals surface area contributed by atoms with Crippen LogP contribution in [-0.2, 0) is 10.2 Å². The van der Waals surface area contributed by atoms with Crippen LogP contribution in [0.4, 0.5) is 0 Å². The van der Waals surface area contributed by atoms with E-state index in [4.69, 9.17) is 4.74 Å². The monoisotopic (exact) mass is 597 g/mol. The van der Waals surface area contributed by atoms with Crippen molar-refractivity contribution in [1.82, 2.24) is 23.0 Å². The van der Waals surface area contributed by atoms with Crippen molar-refractivity contribution in [2.45, 2.75) is 58.7 Å². The number of amides is 1. The lowest BCUT2D eigenvalue weighted by Gasteiger charge is -2.35. The Kier molecular flexibility index (Phi) is 8.59. The molecule has 2 aliphatic rings. The van der Waals surface area contributed by atoms with Crippen LogP contribution in [0.5, 0.6) is 5.75 Å². The standard InChI is InChI=1S/C26H40BrN5O4S/c1-18(2)29-9-7-21(8-10-29)36-25-16-20-15-24(32(19(3)4)23(20)17-22(25)27)26(33)30-11-13-31(14-12-30)37(34,35)28(5)6/h15-19,21H,7-14H2,1-6H3. The van der Waals surface area contributed by atoms with Gasteiger partial charge >= 0.3 is 0 Å². The summed E-state index contributed by atoms with van der Waals surface area (Å²) in [6.07, 6.45) is 2.16. The van der Waals surface area contributed by atoms with Crippen LogP contribution in [-0.4, -0.2) is 103 Å². The van der Waals surface area contributed by atoms with E-state index in [2.05, 4.69) is 53.1 Å². The number of ether oxygens (including phenoxy) is 1. The third kappa shape index (κ3) is 5.85. The molecule has 3 heterocycles. The molecule has 1 aromatic heterocycles. The van der Waals surface area contributed by atoms with E-state index < -0.39 is 10.2 Å². The van der Waals surface area contributed by atoms with Gasteiger partial charge in [-0.05, 0) is 74.7 Å². The normalized spacial score (nSPS) is 19.0. The van der Waals surface area contributed by atoms with Gasteiger partial charge in [0.05, 0.1) is 9.99 Å².